The molecule has 0 N–H and O–H groups in total. The van der Waals surface area contributed by atoms with E-state index >= 15 is 0 Å². The number of rotatable bonds is 5. The van der Waals surface area contributed by atoms with Gasteiger partial charge in [0.15, 0.2) is 0 Å². The summed E-state index contributed by atoms with van der Waals surface area (Å²) in [4.78, 5) is 14.9. The summed E-state index contributed by atoms with van der Waals surface area (Å²) in [5.41, 5.74) is 3.07. The number of ether oxygens (including phenoxy) is 1. The Balaban J connectivity index is 1.83. The van der Waals surface area contributed by atoms with Crippen molar-refractivity contribution in [3.8, 4) is 5.75 Å². The maximum absolute atomic E-state index is 10.5. The van der Waals surface area contributed by atoms with E-state index in [4.69, 9.17) is 4.74 Å². The van der Waals surface area contributed by atoms with Crippen LogP contribution in [0.1, 0.15) is 24.2 Å². The fraction of sp³-hybridized carbons (Fsp3) is 0.158. The third kappa shape index (κ3) is 2.98. The second-order valence-corrected chi connectivity index (χ2v) is 5.19. The molecule has 0 saturated carbocycles. The molecule has 1 heterocycles. The first-order valence-corrected chi connectivity index (χ1v) is 7.31. The first kappa shape index (κ1) is 14.3. The van der Waals surface area contributed by atoms with Crippen LogP contribution in [-0.2, 0) is 11.2 Å². The molecule has 0 amide bonds. The van der Waals surface area contributed by atoms with Gasteiger partial charge in [-0.3, -0.25) is 4.98 Å². The van der Waals surface area contributed by atoms with E-state index in [0.717, 1.165) is 34.1 Å². The normalized spacial score (nSPS) is 12.0. The third-order valence-corrected chi connectivity index (χ3v) is 3.68. The molecule has 3 rings (SSSR count). The molecule has 0 aliphatic rings. The molecule has 0 saturated heterocycles. The predicted molar refractivity (Wildman–Crippen MR) is 87.0 cm³/mol. The third-order valence-electron chi connectivity index (χ3n) is 3.68. The molecule has 0 radical (unpaired) electrons. The van der Waals surface area contributed by atoms with Crippen molar-refractivity contribution in [1.29, 1.82) is 0 Å². The van der Waals surface area contributed by atoms with Crippen molar-refractivity contribution in [1.82, 2.24) is 4.98 Å². The van der Waals surface area contributed by atoms with Gasteiger partial charge < -0.3 is 9.53 Å². The van der Waals surface area contributed by atoms with E-state index < -0.39 is 0 Å². The van der Waals surface area contributed by atoms with Gasteiger partial charge in [-0.05, 0) is 36.8 Å². The highest BCUT2D eigenvalue weighted by Gasteiger charge is 2.11. The number of benzene rings is 2. The zero-order valence-electron chi connectivity index (χ0n) is 12.4. The minimum Gasteiger partial charge on any atom is -0.486 e. The van der Waals surface area contributed by atoms with E-state index in [-0.39, 0.29) is 6.10 Å². The van der Waals surface area contributed by atoms with Gasteiger partial charge >= 0.3 is 0 Å². The highest BCUT2D eigenvalue weighted by molar-refractivity contribution is 5.82. The number of carbonyl (C=O) groups excluding carboxylic acids is 1. The Labute approximate surface area is 129 Å². The van der Waals surface area contributed by atoms with Crippen LogP contribution in [-0.4, -0.2) is 11.3 Å². The molecule has 0 aliphatic carbocycles. The maximum Gasteiger partial charge on any atom is 0.124 e. The smallest absolute Gasteiger partial charge is 0.124 e. The molecule has 3 aromatic rings. The van der Waals surface area contributed by atoms with Crippen molar-refractivity contribution < 1.29 is 9.53 Å². The van der Waals surface area contributed by atoms with Crippen molar-refractivity contribution >= 4 is 17.2 Å². The van der Waals surface area contributed by atoms with Gasteiger partial charge in [-0.25, -0.2) is 0 Å². The minimum absolute atomic E-state index is 0.0789. The van der Waals surface area contributed by atoms with E-state index in [0.29, 0.717) is 6.42 Å². The van der Waals surface area contributed by atoms with Gasteiger partial charge in [-0.1, -0.05) is 30.3 Å². The number of carbonyl (C=O) groups is 1. The number of pyridine rings is 1. The van der Waals surface area contributed by atoms with Crippen LogP contribution in [0.4, 0.5) is 0 Å². The van der Waals surface area contributed by atoms with Crippen LogP contribution in [0.2, 0.25) is 0 Å². The Hall–Kier alpha value is -2.68. The van der Waals surface area contributed by atoms with E-state index in [1.807, 2.05) is 61.7 Å². The molecule has 2 aromatic carbocycles. The van der Waals surface area contributed by atoms with E-state index in [9.17, 15) is 4.79 Å². The first-order valence-electron chi connectivity index (χ1n) is 7.31. The van der Waals surface area contributed by atoms with Crippen molar-refractivity contribution in [3.63, 3.8) is 0 Å². The van der Waals surface area contributed by atoms with Crippen molar-refractivity contribution in [2.75, 3.05) is 0 Å². The summed E-state index contributed by atoms with van der Waals surface area (Å²) in [7, 11) is 0. The summed E-state index contributed by atoms with van der Waals surface area (Å²) in [6.45, 7) is 2.03. The summed E-state index contributed by atoms with van der Waals surface area (Å²) < 4.78 is 6.03. The Bertz CT molecular complexity index is 776. The van der Waals surface area contributed by atoms with Gasteiger partial charge in [0.05, 0.1) is 5.52 Å². The van der Waals surface area contributed by atoms with Gasteiger partial charge in [-0.2, -0.15) is 0 Å². The number of hydrogen-bond donors (Lipinski definition) is 0. The summed E-state index contributed by atoms with van der Waals surface area (Å²) in [6, 6.07) is 17.7. The van der Waals surface area contributed by atoms with E-state index in [1.54, 1.807) is 0 Å². The SMILES string of the molecule is CC(Oc1ccc(CC=O)cc1)c1ccnc2ccccc12. The lowest BCUT2D eigenvalue weighted by atomic mass is 10.1. The summed E-state index contributed by atoms with van der Waals surface area (Å²) >= 11 is 0. The fourth-order valence-corrected chi connectivity index (χ4v) is 2.54. The molecule has 1 atom stereocenters. The molecule has 22 heavy (non-hydrogen) atoms. The van der Waals surface area contributed by atoms with Gasteiger partial charge in [0.25, 0.3) is 0 Å². The molecular formula is C19H17NO2. The summed E-state index contributed by atoms with van der Waals surface area (Å²) in [5, 5.41) is 1.11. The number of para-hydroxylation sites is 1. The van der Waals surface area contributed by atoms with Gasteiger partial charge in [0.2, 0.25) is 0 Å². The van der Waals surface area contributed by atoms with Gasteiger partial charge in [0.1, 0.15) is 18.1 Å². The Morgan fingerprint density at radius 1 is 1.09 bits per heavy atom. The fourth-order valence-electron chi connectivity index (χ4n) is 2.54. The zero-order chi connectivity index (χ0) is 15.4. The molecule has 0 bridgehead atoms. The lowest BCUT2D eigenvalue weighted by Gasteiger charge is -2.17. The van der Waals surface area contributed by atoms with Crippen molar-refractivity contribution in [2.45, 2.75) is 19.4 Å². The Kier molecular flexibility index (Phi) is 4.15. The average molecular weight is 291 g/mol. The Morgan fingerprint density at radius 3 is 2.64 bits per heavy atom. The van der Waals surface area contributed by atoms with E-state index in [1.165, 1.54) is 0 Å². The van der Waals surface area contributed by atoms with Crippen LogP contribution in [0.3, 0.4) is 0 Å². The quantitative estimate of drug-likeness (QED) is 0.664. The monoisotopic (exact) mass is 291 g/mol. The van der Waals surface area contributed by atoms with Crippen LogP contribution in [0.25, 0.3) is 10.9 Å². The molecule has 1 aromatic heterocycles. The van der Waals surface area contributed by atoms with Crippen LogP contribution in [0, 0.1) is 0 Å². The van der Waals surface area contributed by atoms with Crippen molar-refractivity contribution in [3.05, 3.63) is 71.9 Å². The zero-order valence-corrected chi connectivity index (χ0v) is 12.4. The molecule has 1 unspecified atom stereocenters. The summed E-state index contributed by atoms with van der Waals surface area (Å²) in [5.74, 6) is 0.794. The van der Waals surface area contributed by atoms with Crippen molar-refractivity contribution in [2.24, 2.45) is 0 Å². The Morgan fingerprint density at radius 2 is 1.86 bits per heavy atom. The highest BCUT2D eigenvalue weighted by atomic mass is 16.5. The van der Waals surface area contributed by atoms with Gasteiger partial charge in [0, 0.05) is 23.6 Å². The second-order valence-electron chi connectivity index (χ2n) is 5.19. The van der Waals surface area contributed by atoms with E-state index in [2.05, 4.69) is 11.1 Å². The number of aromatic nitrogens is 1. The molecule has 0 spiro atoms. The molecule has 3 nitrogen and oxygen atoms in total. The number of nitrogens with zero attached hydrogens (tertiary/aromatic N) is 1. The van der Waals surface area contributed by atoms with Crippen LogP contribution in [0.5, 0.6) is 5.75 Å². The first-order chi connectivity index (χ1) is 10.8. The second kappa shape index (κ2) is 6.39. The standard InChI is InChI=1S/C19H17NO2/c1-14(22-16-8-6-15(7-9-16)11-13-21)17-10-12-20-19-5-3-2-4-18(17)19/h2-10,12-14H,11H2,1H3. The highest BCUT2D eigenvalue weighted by Crippen LogP contribution is 2.27. The topological polar surface area (TPSA) is 39.2 Å². The lowest BCUT2D eigenvalue weighted by Crippen LogP contribution is -2.04. The van der Waals surface area contributed by atoms with Crippen LogP contribution >= 0.6 is 0 Å². The molecule has 0 fully saturated rings. The number of hydrogen-bond acceptors (Lipinski definition) is 3. The van der Waals surface area contributed by atoms with Crippen LogP contribution in [0.15, 0.2) is 60.8 Å². The van der Waals surface area contributed by atoms with Crippen LogP contribution < -0.4 is 4.74 Å². The maximum atomic E-state index is 10.5. The predicted octanol–water partition coefficient (Wildman–Crippen LogP) is 4.12. The van der Waals surface area contributed by atoms with Gasteiger partial charge in [-0.15, -0.1) is 0 Å². The largest absolute Gasteiger partial charge is 0.486 e. The lowest BCUT2D eigenvalue weighted by molar-refractivity contribution is -0.107. The molecular weight excluding hydrogens is 274 g/mol. The minimum atomic E-state index is -0.0789. The summed E-state index contributed by atoms with van der Waals surface area (Å²) in [6.07, 6.45) is 3.07. The molecule has 110 valence electrons. The number of aldehydes is 1. The molecule has 3 heteroatoms. The average Bonchev–Trinajstić information content (AvgIpc) is 2.56. The number of fused-ring (bicyclic) bond motifs is 1. The molecule has 0 aliphatic heterocycles.